The summed E-state index contributed by atoms with van der Waals surface area (Å²) in [5.41, 5.74) is 0.262. The van der Waals surface area contributed by atoms with Crippen molar-refractivity contribution in [2.45, 2.75) is 6.92 Å². The van der Waals surface area contributed by atoms with Crippen LogP contribution in [0, 0.1) is 0 Å². The van der Waals surface area contributed by atoms with E-state index in [1.54, 1.807) is 18.4 Å². The summed E-state index contributed by atoms with van der Waals surface area (Å²) in [4.78, 5) is 29.2. The Bertz CT molecular complexity index is 638. The lowest BCUT2D eigenvalue weighted by Gasteiger charge is -2.16. The van der Waals surface area contributed by atoms with Crippen LogP contribution in [0.1, 0.15) is 17.4 Å². The lowest BCUT2D eigenvalue weighted by Crippen LogP contribution is -2.35. The van der Waals surface area contributed by atoms with Gasteiger partial charge in [0.05, 0.1) is 9.21 Å². The first-order valence-corrected chi connectivity index (χ1v) is 7.81. The SMILES string of the molecule is CCN(CC(=O)O)C(=O)c1csc(-c2ccc(Cl)s2)n1. The van der Waals surface area contributed by atoms with Crippen LogP contribution in [0.25, 0.3) is 9.88 Å². The van der Waals surface area contributed by atoms with Gasteiger partial charge in [-0.25, -0.2) is 4.98 Å². The second-order valence-corrected chi connectivity index (χ2v) is 6.43. The smallest absolute Gasteiger partial charge is 0.323 e. The maximum Gasteiger partial charge on any atom is 0.323 e. The van der Waals surface area contributed by atoms with E-state index in [9.17, 15) is 9.59 Å². The van der Waals surface area contributed by atoms with Crippen LogP contribution in [0.2, 0.25) is 4.34 Å². The highest BCUT2D eigenvalue weighted by Crippen LogP contribution is 2.33. The zero-order chi connectivity index (χ0) is 14.7. The number of aliphatic carboxylic acids is 1. The topological polar surface area (TPSA) is 70.5 Å². The van der Waals surface area contributed by atoms with E-state index in [2.05, 4.69) is 4.98 Å². The van der Waals surface area contributed by atoms with Crippen LogP contribution in [-0.2, 0) is 4.79 Å². The minimum atomic E-state index is -1.04. The van der Waals surface area contributed by atoms with Gasteiger partial charge >= 0.3 is 5.97 Å². The summed E-state index contributed by atoms with van der Waals surface area (Å²) in [7, 11) is 0. The summed E-state index contributed by atoms with van der Waals surface area (Å²) in [5, 5.41) is 11.1. The number of amides is 1. The van der Waals surface area contributed by atoms with Gasteiger partial charge in [-0.3, -0.25) is 9.59 Å². The van der Waals surface area contributed by atoms with E-state index in [1.165, 1.54) is 27.6 Å². The maximum absolute atomic E-state index is 12.1. The number of carboxylic acids is 1. The molecule has 8 heteroatoms. The van der Waals surface area contributed by atoms with Crippen molar-refractivity contribution in [1.29, 1.82) is 0 Å². The number of carboxylic acid groups (broad SMARTS) is 1. The minimum Gasteiger partial charge on any atom is -0.480 e. The van der Waals surface area contributed by atoms with Crippen molar-refractivity contribution in [3.63, 3.8) is 0 Å². The van der Waals surface area contributed by atoms with Crippen molar-refractivity contribution < 1.29 is 14.7 Å². The number of thiazole rings is 1. The van der Waals surface area contributed by atoms with Crippen LogP contribution in [0.4, 0.5) is 0 Å². The summed E-state index contributed by atoms with van der Waals surface area (Å²) in [5.74, 6) is -1.42. The maximum atomic E-state index is 12.1. The van der Waals surface area contributed by atoms with E-state index in [0.29, 0.717) is 15.9 Å². The number of likely N-dealkylation sites (N-methyl/N-ethyl adjacent to an activating group) is 1. The molecular formula is C12H11ClN2O3S2. The van der Waals surface area contributed by atoms with Gasteiger partial charge in [0, 0.05) is 11.9 Å². The summed E-state index contributed by atoms with van der Waals surface area (Å²) >= 11 is 8.59. The van der Waals surface area contributed by atoms with E-state index >= 15 is 0 Å². The Morgan fingerprint density at radius 3 is 2.75 bits per heavy atom. The number of thiophene rings is 1. The molecule has 0 saturated carbocycles. The van der Waals surface area contributed by atoms with E-state index in [0.717, 1.165) is 4.88 Å². The molecule has 2 aromatic heterocycles. The molecule has 0 atom stereocenters. The first-order chi connectivity index (χ1) is 9.51. The molecule has 0 saturated heterocycles. The fourth-order valence-electron chi connectivity index (χ4n) is 1.57. The van der Waals surface area contributed by atoms with Gasteiger partial charge in [0.25, 0.3) is 5.91 Å². The largest absolute Gasteiger partial charge is 0.480 e. The van der Waals surface area contributed by atoms with E-state index < -0.39 is 5.97 Å². The predicted molar refractivity (Wildman–Crippen MR) is 79.7 cm³/mol. The summed E-state index contributed by atoms with van der Waals surface area (Å²) < 4.78 is 0.657. The third-order valence-electron chi connectivity index (χ3n) is 2.50. The number of carbonyl (C=O) groups is 2. The fraction of sp³-hybridized carbons (Fsp3) is 0.250. The van der Waals surface area contributed by atoms with Crippen LogP contribution in [0.3, 0.4) is 0 Å². The molecule has 0 aromatic carbocycles. The Balaban J connectivity index is 2.19. The summed E-state index contributed by atoms with van der Waals surface area (Å²) in [6, 6.07) is 3.61. The first kappa shape index (κ1) is 15.0. The van der Waals surface area contributed by atoms with Gasteiger partial charge in [-0.1, -0.05) is 11.6 Å². The normalized spacial score (nSPS) is 10.5. The zero-order valence-corrected chi connectivity index (χ0v) is 12.9. The molecule has 2 heterocycles. The standard InChI is InChI=1S/C12H11ClN2O3S2/c1-2-15(5-10(16)17)12(18)7-6-19-11(14-7)8-3-4-9(13)20-8/h3-4,6H,2,5H2,1H3,(H,16,17). The van der Waals surface area contributed by atoms with Crippen molar-refractivity contribution >= 4 is 46.2 Å². The molecule has 2 rings (SSSR count). The monoisotopic (exact) mass is 330 g/mol. The van der Waals surface area contributed by atoms with E-state index in [-0.39, 0.29) is 18.1 Å². The highest BCUT2D eigenvalue weighted by Gasteiger charge is 2.20. The molecule has 5 nitrogen and oxygen atoms in total. The number of hydrogen-bond donors (Lipinski definition) is 1. The number of rotatable bonds is 5. The number of halogens is 1. The van der Waals surface area contributed by atoms with E-state index in [1.807, 2.05) is 6.07 Å². The molecule has 0 fully saturated rings. The molecule has 0 aliphatic heterocycles. The second kappa shape index (κ2) is 6.34. The highest BCUT2D eigenvalue weighted by molar-refractivity contribution is 7.23. The van der Waals surface area contributed by atoms with Crippen molar-refractivity contribution in [2.75, 3.05) is 13.1 Å². The van der Waals surface area contributed by atoms with Gasteiger partial charge < -0.3 is 10.0 Å². The van der Waals surface area contributed by atoms with Crippen LogP contribution in [0.15, 0.2) is 17.5 Å². The van der Waals surface area contributed by atoms with Crippen LogP contribution < -0.4 is 0 Å². The van der Waals surface area contributed by atoms with Crippen molar-refractivity contribution in [3.05, 3.63) is 27.5 Å². The fourth-order valence-corrected chi connectivity index (χ4v) is 3.48. The first-order valence-electron chi connectivity index (χ1n) is 5.73. The van der Waals surface area contributed by atoms with Gasteiger partial charge in [-0.05, 0) is 19.1 Å². The Hall–Kier alpha value is -1.44. The number of hydrogen-bond acceptors (Lipinski definition) is 5. The molecule has 20 heavy (non-hydrogen) atoms. The molecule has 0 aliphatic carbocycles. The Kier molecular flexibility index (Phi) is 4.74. The third kappa shape index (κ3) is 3.36. The van der Waals surface area contributed by atoms with Gasteiger partial charge in [-0.15, -0.1) is 22.7 Å². The Morgan fingerprint density at radius 2 is 2.20 bits per heavy atom. The van der Waals surface area contributed by atoms with Crippen molar-refractivity contribution in [3.8, 4) is 9.88 Å². The molecule has 0 radical (unpaired) electrons. The molecular weight excluding hydrogens is 320 g/mol. The lowest BCUT2D eigenvalue weighted by atomic mass is 10.3. The van der Waals surface area contributed by atoms with Crippen molar-refractivity contribution in [1.82, 2.24) is 9.88 Å². The molecule has 0 spiro atoms. The third-order valence-corrected chi connectivity index (χ3v) is 4.74. The molecule has 0 unspecified atom stereocenters. The molecule has 106 valence electrons. The molecule has 1 amide bonds. The number of carbonyl (C=O) groups excluding carboxylic acids is 1. The van der Waals surface area contributed by atoms with Gasteiger partial charge in [0.2, 0.25) is 0 Å². The average Bonchev–Trinajstić information content (AvgIpc) is 3.03. The lowest BCUT2D eigenvalue weighted by molar-refractivity contribution is -0.137. The summed E-state index contributed by atoms with van der Waals surface area (Å²) in [6.45, 7) is 1.73. The Labute approximate surface area is 128 Å². The zero-order valence-electron chi connectivity index (χ0n) is 10.5. The molecule has 0 aliphatic rings. The quantitative estimate of drug-likeness (QED) is 0.914. The van der Waals surface area contributed by atoms with Crippen LogP contribution >= 0.6 is 34.3 Å². The van der Waals surface area contributed by atoms with Gasteiger partial charge in [0.15, 0.2) is 0 Å². The molecule has 2 aromatic rings. The Morgan fingerprint density at radius 1 is 1.45 bits per heavy atom. The average molecular weight is 331 g/mol. The number of nitrogens with zero attached hydrogens (tertiary/aromatic N) is 2. The number of aromatic nitrogens is 1. The predicted octanol–water partition coefficient (Wildman–Crippen LogP) is 3.07. The van der Waals surface area contributed by atoms with Crippen LogP contribution in [0.5, 0.6) is 0 Å². The minimum absolute atomic E-state index is 0.262. The molecule has 0 bridgehead atoms. The van der Waals surface area contributed by atoms with E-state index in [4.69, 9.17) is 16.7 Å². The summed E-state index contributed by atoms with van der Waals surface area (Å²) in [6.07, 6.45) is 0. The van der Waals surface area contributed by atoms with Crippen LogP contribution in [-0.4, -0.2) is 40.0 Å². The molecule has 1 N–H and O–H groups in total. The van der Waals surface area contributed by atoms with Gasteiger partial charge in [0.1, 0.15) is 17.2 Å². The second-order valence-electron chi connectivity index (χ2n) is 3.85. The van der Waals surface area contributed by atoms with Crippen molar-refractivity contribution in [2.24, 2.45) is 0 Å². The van der Waals surface area contributed by atoms with Gasteiger partial charge in [-0.2, -0.15) is 0 Å². The highest BCUT2D eigenvalue weighted by atomic mass is 35.5.